The lowest BCUT2D eigenvalue weighted by molar-refractivity contribution is 0.1000. The van der Waals surface area contributed by atoms with Crippen LogP contribution in [0.2, 0.25) is 0 Å². The second kappa shape index (κ2) is 6.36. The van der Waals surface area contributed by atoms with Gasteiger partial charge in [-0.3, -0.25) is 4.79 Å². The Hall–Kier alpha value is -3.47. The van der Waals surface area contributed by atoms with E-state index in [-0.39, 0.29) is 5.56 Å². The summed E-state index contributed by atoms with van der Waals surface area (Å²) in [6.45, 7) is 1.91. The van der Waals surface area contributed by atoms with Gasteiger partial charge in [0.15, 0.2) is 0 Å². The third kappa shape index (κ3) is 2.97. The third-order valence-corrected chi connectivity index (χ3v) is 4.67. The van der Waals surface area contributed by atoms with Crippen molar-refractivity contribution in [2.75, 3.05) is 0 Å². The molecule has 1 amide bonds. The maximum atomic E-state index is 14.1. The number of aromatic amines is 1. The van der Waals surface area contributed by atoms with E-state index in [2.05, 4.69) is 4.98 Å². The number of fused-ring (bicyclic) bond motifs is 1. The number of amides is 1. The Labute approximate surface area is 154 Å². The SMILES string of the molecule is Cc1cc(C(N)=O)ccc1-c1ccc2[nH]c(-c3c(F)cccc3F)cc2c1. The van der Waals surface area contributed by atoms with Gasteiger partial charge in [-0.15, -0.1) is 0 Å². The van der Waals surface area contributed by atoms with Crippen molar-refractivity contribution in [1.29, 1.82) is 0 Å². The van der Waals surface area contributed by atoms with Crippen molar-refractivity contribution in [2.45, 2.75) is 6.92 Å². The van der Waals surface area contributed by atoms with Crippen molar-refractivity contribution >= 4 is 16.8 Å². The zero-order chi connectivity index (χ0) is 19.1. The van der Waals surface area contributed by atoms with Crippen LogP contribution in [0, 0.1) is 18.6 Å². The molecule has 134 valence electrons. The van der Waals surface area contributed by atoms with Gasteiger partial charge in [0.25, 0.3) is 0 Å². The second-order valence-corrected chi connectivity index (χ2v) is 6.48. The van der Waals surface area contributed by atoms with Gasteiger partial charge in [-0.25, -0.2) is 8.78 Å². The molecular weight excluding hydrogens is 346 g/mol. The number of benzene rings is 3. The van der Waals surface area contributed by atoms with Crippen molar-refractivity contribution in [2.24, 2.45) is 5.73 Å². The van der Waals surface area contributed by atoms with Crippen LogP contribution >= 0.6 is 0 Å². The molecule has 1 aromatic heterocycles. The summed E-state index contributed by atoms with van der Waals surface area (Å²) in [5.74, 6) is -1.69. The molecule has 4 aromatic rings. The number of hydrogen-bond donors (Lipinski definition) is 2. The molecule has 0 aliphatic carbocycles. The minimum Gasteiger partial charge on any atom is -0.366 e. The van der Waals surface area contributed by atoms with Crippen molar-refractivity contribution < 1.29 is 13.6 Å². The fourth-order valence-corrected chi connectivity index (χ4v) is 3.33. The Morgan fingerprint density at radius 3 is 2.37 bits per heavy atom. The van der Waals surface area contributed by atoms with Gasteiger partial charge in [-0.1, -0.05) is 18.2 Å². The van der Waals surface area contributed by atoms with E-state index < -0.39 is 17.5 Å². The summed E-state index contributed by atoms with van der Waals surface area (Å²) in [4.78, 5) is 14.4. The molecule has 0 aliphatic rings. The maximum Gasteiger partial charge on any atom is 0.248 e. The number of aryl methyl sites for hydroxylation is 1. The molecule has 3 nitrogen and oxygen atoms in total. The lowest BCUT2D eigenvalue weighted by Gasteiger charge is -2.08. The number of nitrogens with two attached hydrogens (primary N) is 1. The van der Waals surface area contributed by atoms with E-state index in [0.29, 0.717) is 11.3 Å². The molecule has 0 unspecified atom stereocenters. The van der Waals surface area contributed by atoms with Crippen molar-refractivity contribution in [3.8, 4) is 22.4 Å². The first-order chi connectivity index (χ1) is 12.9. The number of H-pyrrole nitrogens is 1. The molecule has 1 heterocycles. The standard InChI is InChI=1S/C22H16F2N2O/c1-12-9-14(22(25)27)5-7-16(12)13-6-8-19-15(10-13)11-20(26-19)21-17(23)3-2-4-18(21)24/h2-11,26H,1H3,(H2,25,27). The zero-order valence-electron chi connectivity index (χ0n) is 14.5. The van der Waals surface area contributed by atoms with Crippen LogP contribution in [0.4, 0.5) is 8.78 Å². The van der Waals surface area contributed by atoms with Crippen molar-refractivity contribution in [3.63, 3.8) is 0 Å². The van der Waals surface area contributed by atoms with Gasteiger partial charge in [0.1, 0.15) is 11.6 Å². The monoisotopic (exact) mass is 362 g/mol. The van der Waals surface area contributed by atoms with Crippen LogP contribution in [-0.4, -0.2) is 10.9 Å². The predicted octanol–water partition coefficient (Wildman–Crippen LogP) is 5.19. The molecule has 4 rings (SSSR count). The van der Waals surface area contributed by atoms with Crippen LogP contribution < -0.4 is 5.73 Å². The van der Waals surface area contributed by atoms with Crippen LogP contribution in [0.5, 0.6) is 0 Å². The second-order valence-electron chi connectivity index (χ2n) is 6.48. The first kappa shape index (κ1) is 17.0. The van der Waals surface area contributed by atoms with Crippen LogP contribution in [0.1, 0.15) is 15.9 Å². The Morgan fingerprint density at radius 2 is 1.70 bits per heavy atom. The molecule has 0 radical (unpaired) electrons. The Kier molecular flexibility index (Phi) is 4.00. The minimum absolute atomic E-state index is 0.0720. The Morgan fingerprint density at radius 1 is 0.963 bits per heavy atom. The minimum atomic E-state index is -0.611. The predicted molar refractivity (Wildman–Crippen MR) is 102 cm³/mol. The van der Waals surface area contributed by atoms with E-state index in [0.717, 1.165) is 27.6 Å². The number of carbonyl (C=O) groups excluding carboxylic acids is 1. The number of nitrogens with one attached hydrogen (secondary N) is 1. The highest BCUT2D eigenvalue weighted by Crippen LogP contribution is 2.32. The molecule has 0 atom stereocenters. The van der Waals surface area contributed by atoms with Crippen LogP contribution in [-0.2, 0) is 0 Å². The lowest BCUT2D eigenvalue weighted by Crippen LogP contribution is -2.10. The first-order valence-electron chi connectivity index (χ1n) is 8.42. The lowest BCUT2D eigenvalue weighted by atomic mass is 9.97. The molecule has 0 saturated carbocycles. The first-order valence-corrected chi connectivity index (χ1v) is 8.42. The summed E-state index contributed by atoms with van der Waals surface area (Å²) in [6, 6.07) is 16.6. The highest BCUT2D eigenvalue weighted by Gasteiger charge is 2.14. The molecule has 3 N–H and O–H groups in total. The molecule has 5 heteroatoms. The summed E-state index contributed by atoms with van der Waals surface area (Å²) >= 11 is 0. The number of hydrogen-bond acceptors (Lipinski definition) is 1. The van der Waals surface area contributed by atoms with E-state index in [1.807, 2.05) is 31.2 Å². The fraction of sp³-hybridized carbons (Fsp3) is 0.0455. The van der Waals surface area contributed by atoms with Gasteiger partial charge in [0, 0.05) is 16.5 Å². The average Bonchev–Trinajstić information content (AvgIpc) is 3.04. The number of aromatic nitrogens is 1. The van der Waals surface area contributed by atoms with Gasteiger partial charge < -0.3 is 10.7 Å². The van der Waals surface area contributed by atoms with Gasteiger partial charge >= 0.3 is 0 Å². The molecule has 0 saturated heterocycles. The fourth-order valence-electron chi connectivity index (χ4n) is 3.33. The molecule has 0 bridgehead atoms. The number of halogens is 2. The highest BCUT2D eigenvalue weighted by atomic mass is 19.1. The molecule has 0 spiro atoms. The van der Waals surface area contributed by atoms with E-state index in [4.69, 9.17) is 5.73 Å². The molecule has 0 fully saturated rings. The van der Waals surface area contributed by atoms with Gasteiger partial charge in [0.05, 0.1) is 11.3 Å². The maximum absolute atomic E-state index is 14.1. The molecule has 0 aliphatic heterocycles. The van der Waals surface area contributed by atoms with Crippen molar-refractivity contribution in [3.05, 3.63) is 83.4 Å². The summed E-state index contributed by atoms with van der Waals surface area (Å²) in [5, 5.41) is 0.837. The largest absolute Gasteiger partial charge is 0.366 e. The van der Waals surface area contributed by atoms with E-state index in [1.165, 1.54) is 18.2 Å². The quantitative estimate of drug-likeness (QED) is 0.518. The summed E-state index contributed by atoms with van der Waals surface area (Å²) in [6.07, 6.45) is 0. The smallest absolute Gasteiger partial charge is 0.248 e. The van der Waals surface area contributed by atoms with E-state index in [9.17, 15) is 13.6 Å². The van der Waals surface area contributed by atoms with Gasteiger partial charge in [-0.05, 0) is 66.1 Å². The van der Waals surface area contributed by atoms with Crippen molar-refractivity contribution in [1.82, 2.24) is 4.98 Å². The summed E-state index contributed by atoms with van der Waals surface area (Å²) < 4.78 is 28.1. The topological polar surface area (TPSA) is 58.9 Å². The van der Waals surface area contributed by atoms with Crippen LogP contribution in [0.25, 0.3) is 33.3 Å². The number of primary amides is 1. The molecule has 27 heavy (non-hydrogen) atoms. The average molecular weight is 362 g/mol. The van der Waals surface area contributed by atoms with E-state index in [1.54, 1.807) is 18.2 Å². The molecule has 3 aromatic carbocycles. The number of carbonyl (C=O) groups is 1. The Bertz CT molecular complexity index is 1170. The van der Waals surface area contributed by atoms with Gasteiger partial charge in [-0.2, -0.15) is 0 Å². The van der Waals surface area contributed by atoms with Crippen LogP contribution in [0.15, 0.2) is 60.7 Å². The highest BCUT2D eigenvalue weighted by molar-refractivity contribution is 5.94. The zero-order valence-corrected chi connectivity index (χ0v) is 14.5. The third-order valence-electron chi connectivity index (χ3n) is 4.67. The summed E-state index contributed by atoms with van der Waals surface area (Å²) in [5.41, 5.74) is 9.69. The normalized spacial score (nSPS) is 11.1. The van der Waals surface area contributed by atoms with Gasteiger partial charge in [0.2, 0.25) is 5.91 Å². The van der Waals surface area contributed by atoms with Crippen LogP contribution in [0.3, 0.4) is 0 Å². The number of rotatable bonds is 3. The Balaban J connectivity index is 1.81. The summed E-state index contributed by atoms with van der Waals surface area (Å²) in [7, 11) is 0. The molecular formula is C22H16F2N2O. The van der Waals surface area contributed by atoms with E-state index >= 15 is 0 Å².